The molecule has 2 N–H and O–H groups in total. The van der Waals surface area contributed by atoms with Crippen LogP contribution in [0.2, 0.25) is 0 Å². The summed E-state index contributed by atoms with van der Waals surface area (Å²) in [5, 5.41) is 6.71. The van der Waals surface area contributed by atoms with E-state index in [4.69, 9.17) is 0 Å². The molecule has 0 spiro atoms. The van der Waals surface area contributed by atoms with Gasteiger partial charge in [-0.05, 0) is 13.8 Å². The highest BCUT2D eigenvalue weighted by molar-refractivity contribution is 7.13. The fourth-order valence-corrected chi connectivity index (χ4v) is 2.84. The maximum Gasteiger partial charge on any atom is 0.263 e. The minimum Gasteiger partial charge on any atom is -0.342 e. The van der Waals surface area contributed by atoms with Gasteiger partial charge >= 0.3 is 0 Å². The highest BCUT2D eigenvalue weighted by Crippen LogP contribution is 2.16. The van der Waals surface area contributed by atoms with E-state index >= 15 is 0 Å². The fourth-order valence-electron chi connectivity index (χ4n) is 2.00. The topological polar surface area (TPSA) is 74.3 Å². The molecule has 1 saturated heterocycles. The predicted molar refractivity (Wildman–Crippen MR) is 73.4 cm³/mol. The van der Waals surface area contributed by atoms with Crippen molar-refractivity contribution in [3.8, 4) is 0 Å². The molecule has 6 nitrogen and oxygen atoms in total. The van der Waals surface area contributed by atoms with Gasteiger partial charge in [0.1, 0.15) is 4.88 Å². The molecule has 19 heavy (non-hydrogen) atoms. The molecular weight excluding hydrogens is 264 g/mol. The van der Waals surface area contributed by atoms with Crippen molar-refractivity contribution in [2.45, 2.75) is 13.8 Å². The smallest absolute Gasteiger partial charge is 0.263 e. The van der Waals surface area contributed by atoms with Gasteiger partial charge in [0.05, 0.1) is 17.2 Å². The average molecular weight is 282 g/mol. The first-order valence-electron chi connectivity index (χ1n) is 6.28. The molecule has 1 aliphatic heterocycles. The summed E-state index contributed by atoms with van der Waals surface area (Å²) in [5.74, 6) is -0.250. The van der Waals surface area contributed by atoms with E-state index in [9.17, 15) is 9.59 Å². The number of aromatic nitrogens is 1. The van der Waals surface area contributed by atoms with Crippen LogP contribution in [0.15, 0.2) is 0 Å². The van der Waals surface area contributed by atoms with Crippen molar-refractivity contribution in [3.05, 3.63) is 15.6 Å². The van der Waals surface area contributed by atoms with Gasteiger partial charge in [-0.25, -0.2) is 4.98 Å². The van der Waals surface area contributed by atoms with Crippen molar-refractivity contribution in [3.63, 3.8) is 0 Å². The Bertz CT molecular complexity index is 480. The zero-order valence-corrected chi connectivity index (χ0v) is 12.0. The fraction of sp³-hybridized carbons (Fsp3) is 0.583. The van der Waals surface area contributed by atoms with Crippen molar-refractivity contribution < 1.29 is 9.59 Å². The summed E-state index contributed by atoms with van der Waals surface area (Å²) in [6, 6.07) is 0. The minimum atomic E-state index is -0.216. The van der Waals surface area contributed by atoms with Crippen LogP contribution in [0, 0.1) is 13.8 Å². The summed E-state index contributed by atoms with van der Waals surface area (Å²) in [6.07, 6.45) is 0. The summed E-state index contributed by atoms with van der Waals surface area (Å²) in [5.41, 5.74) is 0.717. The molecule has 7 heteroatoms. The Morgan fingerprint density at radius 3 is 2.63 bits per heavy atom. The van der Waals surface area contributed by atoms with E-state index in [0.717, 1.165) is 23.8 Å². The SMILES string of the molecule is Cc1nc(C)c(C(=O)NCC(=O)N2CCNCC2)s1. The van der Waals surface area contributed by atoms with Crippen LogP contribution < -0.4 is 10.6 Å². The molecule has 2 rings (SSSR count). The summed E-state index contributed by atoms with van der Waals surface area (Å²) in [6.45, 7) is 6.74. The predicted octanol–water partition coefficient (Wildman–Crippen LogP) is -0.0785. The van der Waals surface area contributed by atoms with Gasteiger partial charge < -0.3 is 15.5 Å². The third kappa shape index (κ3) is 3.51. The maximum atomic E-state index is 11.9. The van der Waals surface area contributed by atoms with Crippen LogP contribution in [0.25, 0.3) is 0 Å². The zero-order valence-electron chi connectivity index (χ0n) is 11.2. The normalized spacial score (nSPS) is 15.4. The molecule has 0 radical (unpaired) electrons. The number of carbonyl (C=O) groups excluding carboxylic acids is 2. The molecule has 1 aliphatic rings. The monoisotopic (exact) mass is 282 g/mol. The summed E-state index contributed by atoms with van der Waals surface area (Å²) < 4.78 is 0. The maximum absolute atomic E-state index is 11.9. The van der Waals surface area contributed by atoms with Gasteiger partial charge in [0.25, 0.3) is 5.91 Å². The second-order valence-corrected chi connectivity index (χ2v) is 5.66. The molecule has 2 amide bonds. The van der Waals surface area contributed by atoms with E-state index in [1.54, 1.807) is 11.8 Å². The molecule has 0 aromatic carbocycles. The summed E-state index contributed by atoms with van der Waals surface area (Å²) in [7, 11) is 0. The van der Waals surface area contributed by atoms with E-state index in [-0.39, 0.29) is 18.4 Å². The van der Waals surface area contributed by atoms with Gasteiger partial charge in [-0.3, -0.25) is 9.59 Å². The Balaban J connectivity index is 1.86. The number of nitrogens with zero attached hydrogens (tertiary/aromatic N) is 2. The summed E-state index contributed by atoms with van der Waals surface area (Å²) >= 11 is 1.35. The molecule has 0 aliphatic carbocycles. The third-order valence-electron chi connectivity index (χ3n) is 2.98. The van der Waals surface area contributed by atoms with Crippen molar-refractivity contribution in [1.29, 1.82) is 0 Å². The molecule has 0 saturated carbocycles. The van der Waals surface area contributed by atoms with E-state index in [0.29, 0.717) is 18.0 Å². The van der Waals surface area contributed by atoms with Crippen LogP contribution in [0.3, 0.4) is 0 Å². The van der Waals surface area contributed by atoms with E-state index in [1.807, 2.05) is 6.92 Å². The number of hydrogen-bond acceptors (Lipinski definition) is 5. The first kappa shape index (κ1) is 14.0. The van der Waals surface area contributed by atoms with Crippen LogP contribution in [-0.4, -0.2) is 54.4 Å². The van der Waals surface area contributed by atoms with Gasteiger partial charge in [0, 0.05) is 26.2 Å². The zero-order chi connectivity index (χ0) is 13.8. The number of nitrogens with one attached hydrogen (secondary N) is 2. The van der Waals surface area contributed by atoms with Crippen molar-refractivity contribution in [2.24, 2.45) is 0 Å². The van der Waals surface area contributed by atoms with E-state index < -0.39 is 0 Å². The second kappa shape index (κ2) is 6.12. The molecule has 1 fully saturated rings. The number of carbonyl (C=O) groups is 2. The van der Waals surface area contributed by atoms with E-state index in [2.05, 4.69) is 15.6 Å². The Kier molecular flexibility index (Phi) is 4.49. The Hall–Kier alpha value is -1.47. The Morgan fingerprint density at radius 2 is 2.05 bits per heavy atom. The lowest BCUT2D eigenvalue weighted by Gasteiger charge is -2.27. The highest BCUT2D eigenvalue weighted by Gasteiger charge is 2.18. The van der Waals surface area contributed by atoms with Gasteiger partial charge in [0.2, 0.25) is 5.91 Å². The number of piperazine rings is 1. The standard InChI is InChI=1S/C12H18N4O2S/c1-8-11(19-9(2)15-8)12(18)14-7-10(17)16-5-3-13-4-6-16/h13H,3-7H2,1-2H3,(H,14,18). The molecule has 1 aromatic rings. The van der Waals surface area contributed by atoms with Crippen LogP contribution >= 0.6 is 11.3 Å². The molecule has 0 atom stereocenters. The van der Waals surface area contributed by atoms with Gasteiger partial charge in [-0.2, -0.15) is 0 Å². The van der Waals surface area contributed by atoms with Crippen molar-refractivity contribution >= 4 is 23.2 Å². The minimum absolute atomic E-state index is 0.0336. The number of rotatable bonds is 3. The van der Waals surface area contributed by atoms with Crippen LogP contribution in [0.1, 0.15) is 20.4 Å². The number of amides is 2. The first-order valence-corrected chi connectivity index (χ1v) is 7.10. The van der Waals surface area contributed by atoms with Gasteiger partial charge in [0.15, 0.2) is 0 Å². The molecule has 0 unspecified atom stereocenters. The largest absolute Gasteiger partial charge is 0.342 e. The number of aryl methyl sites for hydroxylation is 2. The number of hydrogen-bond donors (Lipinski definition) is 2. The number of thiazole rings is 1. The lowest BCUT2D eigenvalue weighted by atomic mass is 10.3. The van der Waals surface area contributed by atoms with Crippen LogP contribution in [0.5, 0.6) is 0 Å². The van der Waals surface area contributed by atoms with Gasteiger partial charge in [-0.1, -0.05) is 0 Å². The lowest BCUT2D eigenvalue weighted by Crippen LogP contribution is -2.49. The Labute approximate surface area is 116 Å². The average Bonchev–Trinajstić information content (AvgIpc) is 2.75. The van der Waals surface area contributed by atoms with Crippen LogP contribution in [-0.2, 0) is 4.79 Å². The van der Waals surface area contributed by atoms with E-state index in [1.165, 1.54) is 11.3 Å². The second-order valence-electron chi connectivity index (χ2n) is 4.46. The van der Waals surface area contributed by atoms with Crippen LogP contribution in [0.4, 0.5) is 0 Å². The summed E-state index contributed by atoms with van der Waals surface area (Å²) in [4.78, 5) is 30.4. The van der Waals surface area contributed by atoms with Crippen molar-refractivity contribution in [1.82, 2.24) is 20.5 Å². The highest BCUT2D eigenvalue weighted by atomic mass is 32.1. The lowest BCUT2D eigenvalue weighted by molar-refractivity contribution is -0.130. The quantitative estimate of drug-likeness (QED) is 0.813. The van der Waals surface area contributed by atoms with Crippen molar-refractivity contribution in [2.75, 3.05) is 32.7 Å². The molecule has 104 valence electrons. The molecule has 2 heterocycles. The third-order valence-corrected chi connectivity index (χ3v) is 4.05. The first-order chi connectivity index (χ1) is 9.08. The molecular formula is C12H18N4O2S. The molecule has 1 aromatic heterocycles. The Morgan fingerprint density at radius 1 is 1.37 bits per heavy atom. The molecule has 0 bridgehead atoms. The van der Waals surface area contributed by atoms with Gasteiger partial charge in [-0.15, -0.1) is 11.3 Å².